The van der Waals surface area contributed by atoms with Crippen molar-refractivity contribution < 1.29 is 8.42 Å². The molecule has 6 heteroatoms. The van der Waals surface area contributed by atoms with E-state index in [0.29, 0.717) is 17.1 Å². The molecule has 0 aliphatic rings. The highest BCUT2D eigenvalue weighted by molar-refractivity contribution is 7.91. The lowest BCUT2D eigenvalue weighted by atomic mass is 9.94. The molecule has 0 spiro atoms. The van der Waals surface area contributed by atoms with Crippen molar-refractivity contribution in [3.05, 3.63) is 52.9 Å². The van der Waals surface area contributed by atoms with Gasteiger partial charge in [-0.3, -0.25) is 0 Å². The molecule has 0 saturated heterocycles. The number of hydrogen-bond donors (Lipinski definition) is 2. The number of hydrogen-bond acceptors (Lipinski definition) is 4. The number of thiophene rings is 1. The van der Waals surface area contributed by atoms with Gasteiger partial charge in [-0.1, -0.05) is 57.0 Å². The van der Waals surface area contributed by atoms with Crippen LogP contribution in [0.4, 0.5) is 0 Å². The van der Waals surface area contributed by atoms with Gasteiger partial charge >= 0.3 is 0 Å². The van der Waals surface area contributed by atoms with E-state index in [2.05, 4.69) is 29.8 Å². The topological polar surface area (TPSA) is 72.2 Å². The molecule has 0 saturated carbocycles. The Balaban J connectivity index is 2.06. The largest absolute Gasteiger partial charge is 0.312 e. The lowest BCUT2D eigenvalue weighted by molar-refractivity contribution is 0.353. The number of nitrogens with two attached hydrogens (primary N) is 1. The van der Waals surface area contributed by atoms with E-state index in [1.165, 1.54) is 41.7 Å². The summed E-state index contributed by atoms with van der Waals surface area (Å²) >= 11 is 1.20. The van der Waals surface area contributed by atoms with Crippen molar-refractivity contribution in [2.24, 2.45) is 5.73 Å². The second-order valence-electron chi connectivity index (χ2n) is 6.77. The van der Waals surface area contributed by atoms with Crippen molar-refractivity contribution in [1.29, 1.82) is 0 Å². The summed E-state index contributed by atoms with van der Waals surface area (Å²) in [5, 5.41) is 1.76. The van der Waals surface area contributed by atoms with Crippen molar-refractivity contribution in [2.45, 2.75) is 68.7 Å². The molecule has 2 rings (SSSR count). The fourth-order valence-corrected chi connectivity index (χ4v) is 5.39. The third-order valence-electron chi connectivity index (χ3n) is 4.74. The average Bonchev–Trinajstić information content (AvgIpc) is 3.16. The van der Waals surface area contributed by atoms with Crippen LogP contribution >= 0.6 is 11.3 Å². The van der Waals surface area contributed by atoms with Crippen LogP contribution in [0.5, 0.6) is 0 Å². The first-order valence-electron chi connectivity index (χ1n) is 9.33. The van der Waals surface area contributed by atoms with Crippen molar-refractivity contribution in [1.82, 2.24) is 4.72 Å². The number of sulfonamides is 1. The van der Waals surface area contributed by atoms with Gasteiger partial charge in [0.25, 0.3) is 10.0 Å². The summed E-state index contributed by atoms with van der Waals surface area (Å²) in [5.74, 6) is 0. The van der Waals surface area contributed by atoms with Gasteiger partial charge in [0.05, 0.1) is 5.66 Å². The molecule has 1 unspecified atom stereocenters. The van der Waals surface area contributed by atoms with E-state index in [-0.39, 0.29) is 0 Å². The molecule has 0 aliphatic carbocycles. The summed E-state index contributed by atoms with van der Waals surface area (Å²) in [7, 11) is -3.58. The molecule has 0 amide bonds. The van der Waals surface area contributed by atoms with Gasteiger partial charge in [-0.05, 0) is 54.7 Å². The van der Waals surface area contributed by atoms with E-state index in [1.54, 1.807) is 17.5 Å². The first-order chi connectivity index (χ1) is 12.4. The van der Waals surface area contributed by atoms with E-state index in [0.717, 1.165) is 12.8 Å². The Hall–Kier alpha value is -1.21. The van der Waals surface area contributed by atoms with Gasteiger partial charge in [0.15, 0.2) is 0 Å². The molecular formula is C20H30N2O2S2. The van der Waals surface area contributed by atoms with E-state index in [9.17, 15) is 8.42 Å². The predicted octanol–water partition coefficient (Wildman–Crippen LogP) is 4.46. The van der Waals surface area contributed by atoms with Crippen molar-refractivity contribution in [3.8, 4) is 0 Å². The number of nitrogens with one attached hydrogen (secondary N) is 1. The van der Waals surface area contributed by atoms with Gasteiger partial charge in [-0.25, -0.2) is 8.42 Å². The predicted molar refractivity (Wildman–Crippen MR) is 110 cm³/mol. The molecule has 1 atom stereocenters. The monoisotopic (exact) mass is 394 g/mol. The van der Waals surface area contributed by atoms with E-state index >= 15 is 0 Å². The van der Waals surface area contributed by atoms with Crippen LogP contribution < -0.4 is 10.5 Å². The lowest BCUT2D eigenvalue weighted by Crippen LogP contribution is -2.55. The standard InChI is InChI=1S/C20H30N2O2S2/c1-3-5-6-10-17-11-7-8-12-18(17)14-15-20(21,4-2)22-26(23,24)19-13-9-16-25-19/h7-9,11-13,16,22H,3-6,10,14-15,21H2,1-2H3. The van der Waals surface area contributed by atoms with Crippen molar-refractivity contribution in [2.75, 3.05) is 0 Å². The smallest absolute Gasteiger partial charge is 0.251 e. The zero-order valence-corrected chi connectivity index (χ0v) is 17.3. The van der Waals surface area contributed by atoms with Crippen molar-refractivity contribution >= 4 is 21.4 Å². The Bertz CT molecular complexity index is 773. The van der Waals surface area contributed by atoms with Gasteiger partial charge in [0, 0.05) is 0 Å². The average molecular weight is 395 g/mol. The fraction of sp³-hybridized carbons (Fsp3) is 0.500. The number of aryl methyl sites for hydroxylation is 2. The minimum absolute atomic E-state index is 0.306. The normalized spacial score (nSPS) is 14.3. The highest BCUT2D eigenvalue weighted by Crippen LogP contribution is 2.22. The molecule has 4 nitrogen and oxygen atoms in total. The third kappa shape index (κ3) is 5.91. The van der Waals surface area contributed by atoms with Gasteiger partial charge in [0.2, 0.25) is 0 Å². The summed E-state index contributed by atoms with van der Waals surface area (Å²) in [5.41, 5.74) is 8.09. The molecule has 1 heterocycles. The Morgan fingerprint density at radius 2 is 1.73 bits per heavy atom. The molecule has 0 bridgehead atoms. The first kappa shape index (κ1) is 21.1. The molecular weight excluding hydrogens is 364 g/mol. The van der Waals surface area contributed by atoms with Crippen LogP contribution in [0.1, 0.15) is 57.1 Å². The molecule has 144 valence electrons. The summed E-state index contributed by atoms with van der Waals surface area (Å²) in [6, 6.07) is 11.7. The van der Waals surface area contributed by atoms with E-state index in [1.807, 2.05) is 13.0 Å². The summed E-state index contributed by atoms with van der Waals surface area (Å²) in [6.07, 6.45) is 6.54. The summed E-state index contributed by atoms with van der Waals surface area (Å²) < 4.78 is 28.1. The Morgan fingerprint density at radius 3 is 2.31 bits per heavy atom. The van der Waals surface area contributed by atoms with Crippen LogP contribution in [0, 0.1) is 0 Å². The van der Waals surface area contributed by atoms with Crippen LogP contribution in [0.15, 0.2) is 46.0 Å². The molecule has 2 aromatic rings. The molecule has 0 radical (unpaired) electrons. The lowest BCUT2D eigenvalue weighted by Gasteiger charge is -2.29. The van der Waals surface area contributed by atoms with Gasteiger partial charge < -0.3 is 5.73 Å². The minimum Gasteiger partial charge on any atom is -0.312 e. The highest BCUT2D eigenvalue weighted by atomic mass is 32.2. The van der Waals surface area contributed by atoms with Gasteiger partial charge in [-0.15, -0.1) is 11.3 Å². The van der Waals surface area contributed by atoms with Crippen LogP contribution in [0.3, 0.4) is 0 Å². The summed E-state index contributed by atoms with van der Waals surface area (Å²) in [4.78, 5) is 0. The van der Waals surface area contributed by atoms with E-state index in [4.69, 9.17) is 5.73 Å². The highest BCUT2D eigenvalue weighted by Gasteiger charge is 2.30. The summed E-state index contributed by atoms with van der Waals surface area (Å²) in [6.45, 7) is 4.12. The molecule has 0 fully saturated rings. The number of unbranched alkanes of at least 4 members (excludes halogenated alkanes) is 2. The maximum absolute atomic E-state index is 12.5. The zero-order valence-electron chi connectivity index (χ0n) is 15.7. The first-order valence-corrected chi connectivity index (χ1v) is 11.7. The molecule has 26 heavy (non-hydrogen) atoms. The fourth-order valence-electron chi connectivity index (χ4n) is 3.00. The number of benzene rings is 1. The Labute approximate surface area is 161 Å². The zero-order chi connectivity index (χ0) is 19.0. The Morgan fingerprint density at radius 1 is 1.04 bits per heavy atom. The maximum atomic E-state index is 12.5. The second kappa shape index (κ2) is 9.65. The van der Waals surface area contributed by atoms with Gasteiger partial charge in [-0.2, -0.15) is 4.72 Å². The van der Waals surface area contributed by atoms with Gasteiger partial charge in [0.1, 0.15) is 4.21 Å². The van der Waals surface area contributed by atoms with Crippen LogP contribution in [-0.2, 0) is 22.9 Å². The van der Waals surface area contributed by atoms with Crippen molar-refractivity contribution in [3.63, 3.8) is 0 Å². The molecule has 1 aromatic heterocycles. The molecule has 1 aromatic carbocycles. The maximum Gasteiger partial charge on any atom is 0.251 e. The van der Waals surface area contributed by atoms with Crippen LogP contribution in [-0.4, -0.2) is 14.1 Å². The third-order valence-corrected chi connectivity index (χ3v) is 7.69. The van der Waals surface area contributed by atoms with Crippen LogP contribution in [0.2, 0.25) is 0 Å². The Kier molecular flexibility index (Phi) is 7.83. The molecule has 0 aliphatic heterocycles. The van der Waals surface area contributed by atoms with E-state index < -0.39 is 15.7 Å². The SMILES string of the molecule is CCCCCc1ccccc1CCC(N)(CC)NS(=O)(=O)c1cccs1. The molecule has 3 N–H and O–H groups in total. The second-order valence-corrected chi connectivity index (χ2v) is 9.63. The minimum atomic E-state index is -3.58. The van der Waals surface area contributed by atoms with Crippen LogP contribution in [0.25, 0.3) is 0 Å². The quantitative estimate of drug-likeness (QED) is 0.437. The number of rotatable bonds is 11.